The number of aromatic amines is 1. The highest BCUT2D eigenvalue weighted by Crippen LogP contribution is 2.22. The Morgan fingerprint density at radius 3 is 2.80 bits per heavy atom. The summed E-state index contributed by atoms with van der Waals surface area (Å²) in [5, 5.41) is 10.7. The molecule has 0 spiro atoms. The molecule has 0 aliphatic carbocycles. The highest BCUT2D eigenvalue weighted by atomic mass is 35.5. The first-order valence-corrected chi connectivity index (χ1v) is 8.90. The minimum atomic E-state index is -0.330. The number of aromatic nitrogens is 4. The van der Waals surface area contributed by atoms with Crippen molar-refractivity contribution >= 4 is 29.3 Å². The molecule has 25 heavy (non-hydrogen) atoms. The Bertz CT molecular complexity index is 855. The number of hydrogen-bond acceptors (Lipinski definition) is 5. The largest absolute Gasteiger partial charge is 0.351 e. The Morgan fingerprint density at radius 1 is 1.28 bits per heavy atom. The molecule has 3 rings (SSSR count). The zero-order chi connectivity index (χ0) is 17.6. The number of halogens is 1. The van der Waals surface area contributed by atoms with Crippen LogP contribution in [-0.2, 0) is 11.3 Å². The van der Waals surface area contributed by atoms with Gasteiger partial charge in [-0.1, -0.05) is 41.6 Å². The molecule has 0 fully saturated rings. The summed E-state index contributed by atoms with van der Waals surface area (Å²) in [4.78, 5) is 20.6. The maximum atomic E-state index is 12.3. The second-order valence-electron chi connectivity index (χ2n) is 5.27. The number of nitrogens with zero attached hydrogens (tertiary/aromatic N) is 3. The second kappa shape index (κ2) is 8.13. The van der Waals surface area contributed by atoms with E-state index in [0.717, 1.165) is 11.1 Å². The summed E-state index contributed by atoms with van der Waals surface area (Å²) in [6.07, 6.45) is 3.38. The van der Waals surface area contributed by atoms with E-state index < -0.39 is 0 Å². The average molecular weight is 374 g/mol. The Balaban J connectivity index is 1.57. The van der Waals surface area contributed by atoms with E-state index in [0.29, 0.717) is 22.5 Å². The summed E-state index contributed by atoms with van der Waals surface area (Å²) in [6.45, 7) is 2.20. The van der Waals surface area contributed by atoms with Crippen molar-refractivity contribution in [2.75, 3.05) is 0 Å². The van der Waals surface area contributed by atoms with E-state index in [4.69, 9.17) is 11.6 Å². The molecule has 6 nitrogen and oxygen atoms in total. The number of amides is 1. The third-order valence-electron chi connectivity index (χ3n) is 3.48. The lowest BCUT2D eigenvalue weighted by atomic mass is 10.2. The first kappa shape index (κ1) is 17.4. The van der Waals surface area contributed by atoms with E-state index in [1.165, 1.54) is 11.8 Å². The van der Waals surface area contributed by atoms with E-state index in [2.05, 4.69) is 25.5 Å². The molecule has 1 aromatic carbocycles. The van der Waals surface area contributed by atoms with Crippen molar-refractivity contribution in [3.05, 3.63) is 59.4 Å². The number of H-pyrrole nitrogens is 1. The fourth-order valence-corrected chi connectivity index (χ4v) is 3.07. The van der Waals surface area contributed by atoms with E-state index in [1.807, 2.05) is 37.3 Å². The van der Waals surface area contributed by atoms with Gasteiger partial charge >= 0.3 is 0 Å². The number of thioether (sulfide) groups is 1. The molecule has 3 aromatic rings. The van der Waals surface area contributed by atoms with Crippen LogP contribution in [0.2, 0.25) is 5.02 Å². The Morgan fingerprint density at radius 2 is 2.04 bits per heavy atom. The molecule has 0 radical (unpaired) electrons. The molecule has 2 N–H and O–H groups in total. The summed E-state index contributed by atoms with van der Waals surface area (Å²) in [7, 11) is 0. The summed E-state index contributed by atoms with van der Waals surface area (Å²) >= 11 is 7.39. The molecule has 0 aliphatic rings. The van der Waals surface area contributed by atoms with Crippen LogP contribution in [0.5, 0.6) is 0 Å². The minimum absolute atomic E-state index is 0.0971. The van der Waals surface area contributed by atoms with E-state index in [9.17, 15) is 4.79 Å². The first-order chi connectivity index (χ1) is 12.1. The second-order valence-corrected chi connectivity index (χ2v) is 6.99. The maximum Gasteiger partial charge on any atom is 0.233 e. The molecule has 1 amide bonds. The minimum Gasteiger partial charge on any atom is -0.351 e. The zero-order valence-corrected chi connectivity index (χ0v) is 15.0. The Hall–Kier alpha value is -2.38. The van der Waals surface area contributed by atoms with Gasteiger partial charge in [-0.3, -0.25) is 14.9 Å². The van der Waals surface area contributed by atoms with Gasteiger partial charge in [0.05, 0.1) is 5.25 Å². The molecule has 1 atom stereocenters. The number of carbonyl (C=O) groups is 1. The number of nitrogens with one attached hydrogen (secondary N) is 2. The molecule has 128 valence electrons. The molecule has 0 aliphatic heterocycles. The molecular formula is C17H16ClN5OS. The molecule has 0 bridgehead atoms. The molecule has 2 aromatic heterocycles. The molecular weight excluding hydrogens is 358 g/mol. The molecule has 8 heteroatoms. The number of carbonyl (C=O) groups excluding carboxylic acids is 1. The lowest BCUT2D eigenvalue weighted by molar-refractivity contribution is -0.120. The van der Waals surface area contributed by atoms with Crippen LogP contribution >= 0.6 is 23.4 Å². The predicted molar refractivity (Wildman–Crippen MR) is 98.2 cm³/mol. The number of hydrogen-bond donors (Lipinski definition) is 2. The normalized spacial score (nSPS) is 11.9. The van der Waals surface area contributed by atoms with Gasteiger partial charge in [-0.15, -0.1) is 5.10 Å². The van der Waals surface area contributed by atoms with Crippen LogP contribution in [0.15, 0.2) is 53.9 Å². The Kier molecular flexibility index (Phi) is 5.67. The standard InChI is InChI=1S/C17H16ClN5OS/c1-11(16(24)20-10-13-4-2-3-5-14(13)18)25-17-21-15(22-23-17)12-6-8-19-9-7-12/h2-9,11H,10H2,1H3,(H,20,24)(H,21,22,23)/t11-/m1/s1. The van der Waals surface area contributed by atoms with Gasteiger partial charge in [0.2, 0.25) is 11.1 Å². The van der Waals surface area contributed by atoms with Gasteiger partial charge in [0.15, 0.2) is 5.82 Å². The van der Waals surface area contributed by atoms with Crippen LogP contribution in [0.1, 0.15) is 12.5 Å². The van der Waals surface area contributed by atoms with E-state index in [-0.39, 0.29) is 11.2 Å². The van der Waals surface area contributed by atoms with Crippen LogP contribution in [0, 0.1) is 0 Å². The third kappa shape index (κ3) is 4.58. The number of pyridine rings is 1. The van der Waals surface area contributed by atoms with Crippen LogP contribution in [0.3, 0.4) is 0 Å². The predicted octanol–water partition coefficient (Wildman–Crippen LogP) is 3.32. The van der Waals surface area contributed by atoms with Crippen LogP contribution < -0.4 is 5.32 Å². The van der Waals surface area contributed by atoms with Crippen molar-refractivity contribution in [3.63, 3.8) is 0 Å². The van der Waals surface area contributed by atoms with Gasteiger partial charge in [0.25, 0.3) is 0 Å². The summed E-state index contributed by atoms with van der Waals surface area (Å²) in [6, 6.07) is 11.1. The third-order valence-corrected chi connectivity index (χ3v) is 4.81. The smallest absolute Gasteiger partial charge is 0.233 e. The summed E-state index contributed by atoms with van der Waals surface area (Å²) < 4.78 is 0. The highest BCUT2D eigenvalue weighted by molar-refractivity contribution is 8.00. The molecule has 0 saturated carbocycles. The summed E-state index contributed by atoms with van der Waals surface area (Å²) in [5.41, 5.74) is 1.78. The Labute approximate surface area is 154 Å². The van der Waals surface area contributed by atoms with Crippen molar-refractivity contribution in [1.29, 1.82) is 0 Å². The quantitative estimate of drug-likeness (QED) is 0.647. The zero-order valence-electron chi connectivity index (χ0n) is 13.4. The summed E-state index contributed by atoms with van der Waals surface area (Å²) in [5.74, 6) is 0.550. The van der Waals surface area contributed by atoms with Gasteiger partial charge in [-0.2, -0.15) is 0 Å². The topological polar surface area (TPSA) is 83.6 Å². The molecule has 2 heterocycles. The van der Waals surface area contributed by atoms with Crippen LogP contribution in [0.4, 0.5) is 0 Å². The van der Waals surface area contributed by atoms with Crippen molar-refractivity contribution in [2.24, 2.45) is 0 Å². The van der Waals surface area contributed by atoms with Gasteiger partial charge in [-0.05, 0) is 30.7 Å². The van der Waals surface area contributed by atoms with E-state index >= 15 is 0 Å². The highest BCUT2D eigenvalue weighted by Gasteiger charge is 2.17. The van der Waals surface area contributed by atoms with Gasteiger partial charge in [-0.25, -0.2) is 4.98 Å². The molecule has 0 unspecified atom stereocenters. The van der Waals surface area contributed by atoms with Crippen molar-refractivity contribution in [1.82, 2.24) is 25.5 Å². The fourth-order valence-electron chi connectivity index (χ4n) is 2.12. The average Bonchev–Trinajstić information content (AvgIpc) is 3.10. The monoisotopic (exact) mass is 373 g/mol. The van der Waals surface area contributed by atoms with Crippen LogP contribution in [-0.4, -0.2) is 31.3 Å². The van der Waals surface area contributed by atoms with Gasteiger partial charge in [0, 0.05) is 29.5 Å². The van der Waals surface area contributed by atoms with E-state index in [1.54, 1.807) is 18.5 Å². The van der Waals surface area contributed by atoms with Gasteiger partial charge in [0.1, 0.15) is 0 Å². The SMILES string of the molecule is C[C@@H](Sc1n[nH]c(-c2ccncc2)n1)C(=O)NCc1ccccc1Cl. The van der Waals surface area contributed by atoms with Crippen molar-refractivity contribution in [3.8, 4) is 11.4 Å². The fraction of sp³-hybridized carbons (Fsp3) is 0.176. The maximum absolute atomic E-state index is 12.3. The van der Waals surface area contributed by atoms with Crippen LogP contribution in [0.25, 0.3) is 11.4 Å². The van der Waals surface area contributed by atoms with Gasteiger partial charge < -0.3 is 5.32 Å². The first-order valence-electron chi connectivity index (χ1n) is 7.64. The number of benzene rings is 1. The van der Waals surface area contributed by atoms with Crippen molar-refractivity contribution in [2.45, 2.75) is 23.9 Å². The number of rotatable bonds is 6. The van der Waals surface area contributed by atoms with Crippen molar-refractivity contribution < 1.29 is 4.79 Å². The lowest BCUT2D eigenvalue weighted by Crippen LogP contribution is -2.30. The molecule has 0 saturated heterocycles. The lowest BCUT2D eigenvalue weighted by Gasteiger charge is -2.10.